The SMILES string of the molecule is Cc1cc(C(C)(C)C2CCCCC2)ccc1-c1cc(C)c(C(C)(C)C)c[n+]1C. The van der Waals surface area contributed by atoms with E-state index >= 15 is 0 Å². The zero-order chi connectivity index (χ0) is 20.7. The average molecular weight is 379 g/mol. The van der Waals surface area contributed by atoms with Crippen molar-refractivity contribution < 1.29 is 4.57 Å². The third-order valence-electron chi connectivity index (χ3n) is 7.16. The van der Waals surface area contributed by atoms with Crippen LogP contribution < -0.4 is 4.57 Å². The Morgan fingerprint density at radius 3 is 2.07 bits per heavy atom. The van der Waals surface area contributed by atoms with Crippen LogP contribution in [-0.4, -0.2) is 0 Å². The molecule has 152 valence electrons. The van der Waals surface area contributed by atoms with E-state index in [1.54, 1.807) is 0 Å². The van der Waals surface area contributed by atoms with Gasteiger partial charge in [-0.25, -0.2) is 4.57 Å². The molecule has 0 amide bonds. The molecule has 0 spiro atoms. The van der Waals surface area contributed by atoms with Gasteiger partial charge in [-0.2, -0.15) is 0 Å². The minimum atomic E-state index is 0.170. The summed E-state index contributed by atoms with van der Waals surface area (Å²) in [6.07, 6.45) is 9.32. The van der Waals surface area contributed by atoms with Crippen LogP contribution in [0.15, 0.2) is 30.5 Å². The number of aryl methyl sites for hydroxylation is 3. The number of pyridine rings is 1. The van der Waals surface area contributed by atoms with Crippen LogP contribution in [0.25, 0.3) is 11.3 Å². The quantitative estimate of drug-likeness (QED) is 0.509. The van der Waals surface area contributed by atoms with Crippen LogP contribution in [0.5, 0.6) is 0 Å². The van der Waals surface area contributed by atoms with Gasteiger partial charge in [-0.15, -0.1) is 0 Å². The van der Waals surface area contributed by atoms with Gasteiger partial charge >= 0.3 is 0 Å². The molecule has 1 heterocycles. The summed E-state index contributed by atoms with van der Waals surface area (Å²) < 4.78 is 2.31. The number of benzene rings is 1. The molecule has 0 saturated heterocycles. The van der Waals surface area contributed by atoms with Crippen molar-refractivity contribution in [2.24, 2.45) is 13.0 Å². The van der Waals surface area contributed by atoms with Gasteiger partial charge in [0.1, 0.15) is 7.05 Å². The molecule has 3 rings (SSSR count). The first-order valence-electron chi connectivity index (χ1n) is 11.1. The Hall–Kier alpha value is -1.63. The van der Waals surface area contributed by atoms with Crippen molar-refractivity contribution in [2.45, 2.75) is 91.4 Å². The molecule has 0 unspecified atom stereocenters. The monoisotopic (exact) mass is 378 g/mol. The lowest BCUT2D eigenvalue weighted by Crippen LogP contribution is -2.34. The van der Waals surface area contributed by atoms with E-state index in [2.05, 4.69) is 90.5 Å². The lowest BCUT2D eigenvalue weighted by Gasteiger charge is -2.38. The largest absolute Gasteiger partial charge is 0.212 e. The molecule has 28 heavy (non-hydrogen) atoms. The summed E-state index contributed by atoms with van der Waals surface area (Å²) in [7, 11) is 2.18. The smallest absolute Gasteiger partial charge is 0.201 e. The van der Waals surface area contributed by atoms with Crippen molar-refractivity contribution in [1.82, 2.24) is 0 Å². The van der Waals surface area contributed by atoms with E-state index in [0.29, 0.717) is 0 Å². The van der Waals surface area contributed by atoms with Crippen molar-refractivity contribution in [2.75, 3.05) is 0 Å². The molecule has 1 nitrogen and oxygen atoms in total. The highest BCUT2D eigenvalue weighted by Crippen LogP contribution is 2.41. The summed E-state index contributed by atoms with van der Waals surface area (Å²) >= 11 is 0. The topological polar surface area (TPSA) is 3.88 Å². The van der Waals surface area contributed by atoms with Crippen molar-refractivity contribution in [3.8, 4) is 11.3 Å². The third kappa shape index (κ3) is 4.04. The average Bonchev–Trinajstić information content (AvgIpc) is 2.63. The maximum Gasteiger partial charge on any atom is 0.212 e. The maximum atomic E-state index is 2.46. The molecule has 0 N–H and O–H groups in total. The van der Waals surface area contributed by atoms with Crippen LogP contribution in [0, 0.1) is 19.8 Å². The van der Waals surface area contributed by atoms with Crippen molar-refractivity contribution in [3.63, 3.8) is 0 Å². The van der Waals surface area contributed by atoms with E-state index in [4.69, 9.17) is 0 Å². The van der Waals surface area contributed by atoms with Crippen LogP contribution >= 0.6 is 0 Å². The van der Waals surface area contributed by atoms with Gasteiger partial charge in [-0.1, -0.05) is 66.0 Å². The van der Waals surface area contributed by atoms with Gasteiger partial charge in [0.2, 0.25) is 5.69 Å². The van der Waals surface area contributed by atoms with Crippen molar-refractivity contribution in [3.05, 3.63) is 52.7 Å². The number of aromatic nitrogens is 1. The fraction of sp³-hybridized carbons (Fsp3) is 0.593. The molecule has 1 aliphatic rings. The third-order valence-corrected chi connectivity index (χ3v) is 7.16. The van der Waals surface area contributed by atoms with E-state index in [9.17, 15) is 0 Å². The number of rotatable bonds is 3. The summed E-state index contributed by atoms with van der Waals surface area (Å²) in [5, 5.41) is 0. The van der Waals surface area contributed by atoms with Gasteiger partial charge in [-0.05, 0) is 66.2 Å². The molecule has 1 saturated carbocycles. The predicted octanol–water partition coefficient (Wildman–Crippen LogP) is 6.95. The van der Waals surface area contributed by atoms with Crippen molar-refractivity contribution >= 4 is 0 Å². The highest BCUT2D eigenvalue weighted by molar-refractivity contribution is 5.63. The predicted molar refractivity (Wildman–Crippen MR) is 121 cm³/mol. The van der Waals surface area contributed by atoms with E-state index < -0.39 is 0 Å². The second kappa shape index (κ2) is 7.65. The number of nitrogens with zero attached hydrogens (tertiary/aromatic N) is 1. The van der Waals surface area contributed by atoms with E-state index in [1.807, 2.05) is 0 Å². The fourth-order valence-electron chi connectivity index (χ4n) is 5.21. The number of hydrogen-bond acceptors (Lipinski definition) is 0. The Bertz CT molecular complexity index is 845. The summed E-state index contributed by atoms with van der Waals surface area (Å²) in [5.41, 5.74) is 8.80. The van der Waals surface area contributed by atoms with Crippen LogP contribution in [0.2, 0.25) is 0 Å². The second-order valence-electron chi connectivity index (χ2n) is 10.7. The van der Waals surface area contributed by atoms with Gasteiger partial charge in [-0.3, -0.25) is 0 Å². The molecule has 2 aromatic rings. The first kappa shape index (κ1) is 21.1. The van der Waals surface area contributed by atoms with Gasteiger partial charge in [0.15, 0.2) is 6.20 Å². The summed E-state index contributed by atoms with van der Waals surface area (Å²) in [5.74, 6) is 0.816. The molecule has 1 fully saturated rings. The highest BCUT2D eigenvalue weighted by atomic mass is 14.9. The Balaban J connectivity index is 1.98. The molecule has 0 bridgehead atoms. The Morgan fingerprint density at radius 2 is 1.50 bits per heavy atom. The van der Waals surface area contributed by atoms with Crippen LogP contribution in [0.3, 0.4) is 0 Å². The fourth-order valence-corrected chi connectivity index (χ4v) is 5.21. The Morgan fingerprint density at radius 1 is 0.857 bits per heavy atom. The Kier molecular flexibility index (Phi) is 5.76. The Labute approximate surface area is 173 Å². The minimum Gasteiger partial charge on any atom is -0.201 e. The van der Waals surface area contributed by atoms with Crippen LogP contribution in [0.4, 0.5) is 0 Å². The lowest BCUT2D eigenvalue weighted by molar-refractivity contribution is -0.661. The zero-order valence-corrected chi connectivity index (χ0v) is 19.4. The number of hydrogen-bond donors (Lipinski definition) is 0. The first-order valence-corrected chi connectivity index (χ1v) is 11.1. The van der Waals surface area contributed by atoms with Crippen LogP contribution in [0.1, 0.15) is 89.0 Å². The van der Waals surface area contributed by atoms with E-state index in [0.717, 1.165) is 5.92 Å². The summed E-state index contributed by atoms with van der Waals surface area (Å²) in [6.45, 7) is 16.3. The minimum absolute atomic E-state index is 0.170. The molecular formula is C27H40N+. The maximum absolute atomic E-state index is 2.46. The lowest BCUT2D eigenvalue weighted by atomic mass is 9.67. The molecule has 0 radical (unpaired) electrons. The summed E-state index contributed by atoms with van der Waals surface area (Å²) in [4.78, 5) is 0. The normalized spacial score (nSPS) is 16.4. The van der Waals surface area contributed by atoms with Gasteiger partial charge in [0.05, 0.1) is 0 Å². The van der Waals surface area contributed by atoms with Gasteiger partial charge < -0.3 is 0 Å². The molecule has 1 aromatic heterocycles. The van der Waals surface area contributed by atoms with Gasteiger partial charge in [0.25, 0.3) is 0 Å². The second-order valence-corrected chi connectivity index (χ2v) is 10.7. The zero-order valence-electron chi connectivity index (χ0n) is 19.4. The molecule has 1 aliphatic carbocycles. The van der Waals surface area contributed by atoms with E-state index in [-0.39, 0.29) is 10.8 Å². The molecule has 0 atom stereocenters. The molecular weight excluding hydrogens is 338 g/mol. The van der Waals surface area contributed by atoms with Crippen LogP contribution in [-0.2, 0) is 17.9 Å². The van der Waals surface area contributed by atoms with Gasteiger partial charge in [0, 0.05) is 17.2 Å². The molecule has 1 aromatic carbocycles. The summed E-state index contributed by atoms with van der Waals surface area (Å²) in [6, 6.07) is 9.58. The molecule has 0 aliphatic heterocycles. The standard InChI is InChI=1S/C27H40N/c1-19-16-22(27(6,7)21-12-10-9-11-13-21)14-15-23(19)25-17-20(2)24(18-28(25)8)26(3,4)5/h14-18,21H,9-13H2,1-8H3/q+1. The first-order chi connectivity index (χ1) is 13.0. The van der Waals surface area contributed by atoms with Crippen molar-refractivity contribution in [1.29, 1.82) is 0 Å². The van der Waals surface area contributed by atoms with E-state index in [1.165, 1.54) is 65.6 Å². The molecule has 1 heteroatoms. The highest BCUT2D eigenvalue weighted by Gasteiger charge is 2.32.